The standard InChI is InChI=1S/C12H20N6O5/c1-18-9(13)8(6-15-18)16-10(19)7(17-12(22)23)4-2-3-5-14-11(20)21/h6-7,14,17H,2-5,13H2,1H3,(H,16,19)(H,20,21)(H,22,23)/t7-/m0/s1. The van der Waals surface area contributed by atoms with Gasteiger partial charge in [0.1, 0.15) is 17.5 Å². The van der Waals surface area contributed by atoms with E-state index in [1.807, 2.05) is 0 Å². The number of nitrogens with one attached hydrogen (secondary N) is 3. The van der Waals surface area contributed by atoms with Crippen molar-refractivity contribution in [2.24, 2.45) is 7.05 Å². The second-order valence-electron chi connectivity index (χ2n) is 4.79. The molecule has 0 bridgehead atoms. The molecule has 0 saturated carbocycles. The highest BCUT2D eigenvalue weighted by atomic mass is 16.4. The van der Waals surface area contributed by atoms with E-state index in [1.165, 1.54) is 10.9 Å². The molecule has 0 aliphatic heterocycles. The number of carbonyl (C=O) groups is 3. The van der Waals surface area contributed by atoms with Gasteiger partial charge in [-0.05, 0) is 19.3 Å². The minimum atomic E-state index is -1.33. The number of nitrogens with two attached hydrogens (primary N) is 1. The minimum Gasteiger partial charge on any atom is -0.465 e. The number of unbranched alkanes of at least 4 members (excludes halogenated alkanes) is 1. The molecule has 11 heteroatoms. The lowest BCUT2D eigenvalue weighted by molar-refractivity contribution is -0.118. The number of nitrogen functional groups attached to an aromatic ring is 1. The second-order valence-corrected chi connectivity index (χ2v) is 4.79. The van der Waals surface area contributed by atoms with Gasteiger partial charge in [-0.3, -0.25) is 9.48 Å². The molecule has 1 heterocycles. The van der Waals surface area contributed by atoms with Gasteiger partial charge in [0.2, 0.25) is 5.91 Å². The molecular formula is C12H20N6O5. The van der Waals surface area contributed by atoms with Crippen LogP contribution in [0.1, 0.15) is 19.3 Å². The summed E-state index contributed by atoms with van der Waals surface area (Å²) in [5.74, 6) is -0.309. The van der Waals surface area contributed by atoms with Crippen LogP contribution in [0.2, 0.25) is 0 Å². The van der Waals surface area contributed by atoms with Crippen LogP contribution in [0.3, 0.4) is 0 Å². The third kappa shape index (κ3) is 6.11. The van der Waals surface area contributed by atoms with Crippen LogP contribution in [-0.4, -0.2) is 50.7 Å². The molecule has 1 aromatic heterocycles. The Morgan fingerprint density at radius 3 is 2.52 bits per heavy atom. The zero-order chi connectivity index (χ0) is 17.4. The van der Waals surface area contributed by atoms with Gasteiger partial charge in [0.25, 0.3) is 0 Å². The van der Waals surface area contributed by atoms with Crippen LogP contribution in [0.15, 0.2) is 6.20 Å². The molecule has 0 unspecified atom stereocenters. The fourth-order valence-electron chi connectivity index (χ4n) is 1.85. The van der Waals surface area contributed by atoms with Gasteiger partial charge < -0.3 is 31.9 Å². The first-order valence-corrected chi connectivity index (χ1v) is 6.86. The zero-order valence-corrected chi connectivity index (χ0v) is 12.6. The topological polar surface area (TPSA) is 172 Å². The van der Waals surface area contributed by atoms with Crippen LogP contribution >= 0.6 is 0 Å². The maximum Gasteiger partial charge on any atom is 0.405 e. The lowest BCUT2D eigenvalue weighted by Gasteiger charge is -2.16. The monoisotopic (exact) mass is 328 g/mol. The molecule has 1 atom stereocenters. The first-order valence-electron chi connectivity index (χ1n) is 6.86. The van der Waals surface area contributed by atoms with Crippen molar-refractivity contribution in [2.75, 3.05) is 17.6 Å². The number of carbonyl (C=O) groups excluding carboxylic acids is 1. The Balaban J connectivity index is 2.55. The molecule has 128 valence electrons. The number of carboxylic acid groups (broad SMARTS) is 2. The van der Waals surface area contributed by atoms with E-state index in [9.17, 15) is 14.4 Å². The Morgan fingerprint density at radius 2 is 2.00 bits per heavy atom. The van der Waals surface area contributed by atoms with Crippen molar-refractivity contribution < 1.29 is 24.6 Å². The number of hydrogen-bond acceptors (Lipinski definition) is 5. The van der Waals surface area contributed by atoms with Gasteiger partial charge in [-0.15, -0.1) is 0 Å². The van der Waals surface area contributed by atoms with Crippen LogP contribution in [0.25, 0.3) is 0 Å². The third-order valence-electron chi connectivity index (χ3n) is 3.05. The summed E-state index contributed by atoms with van der Waals surface area (Å²) in [4.78, 5) is 33.2. The number of rotatable bonds is 8. The number of amides is 3. The van der Waals surface area contributed by atoms with Crippen LogP contribution < -0.4 is 21.7 Å². The fourth-order valence-corrected chi connectivity index (χ4v) is 1.85. The molecule has 0 aromatic carbocycles. The summed E-state index contributed by atoms with van der Waals surface area (Å²) in [5, 5.41) is 27.9. The molecule has 11 nitrogen and oxygen atoms in total. The summed E-state index contributed by atoms with van der Waals surface area (Å²) >= 11 is 0. The van der Waals surface area contributed by atoms with Gasteiger partial charge in [0.15, 0.2) is 0 Å². The second kappa shape index (κ2) is 8.46. The summed E-state index contributed by atoms with van der Waals surface area (Å²) in [6.45, 7) is 0.228. The molecule has 1 aromatic rings. The van der Waals surface area contributed by atoms with Crippen LogP contribution in [0.4, 0.5) is 21.1 Å². The molecule has 1 rings (SSSR count). The highest BCUT2D eigenvalue weighted by Crippen LogP contribution is 2.16. The molecule has 23 heavy (non-hydrogen) atoms. The highest BCUT2D eigenvalue weighted by Gasteiger charge is 2.21. The molecule has 0 saturated heterocycles. The Labute approximate surface area is 131 Å². The van der Waals surface area contributed by atoms with E-state index in [1.54, 1.807) is 7.05 Å². The average Bonchev–Trinajstić information content (AvgIpc) is 2.77. The Kier molecular flexibility index (Phi) is 6.65. The molecule has 0 aliphatic rings. The van der Waals surface area contributed by atoms with Crippen molar-refractivity contribution in [3.8, 4) is 0 Å². The van der Waals surface area contributed by atoms with E-state index >= 15 is 0 Å². The fraction of sp³-hybridized carbons (Fsp3) is 0.500. The van der Waals surface area contributed by atoms with E-state index < -0.39 is 24.1 Å². The maximum atomic E-state index is 12.1. The molecule has 0 aliphatic carbocycles. The van der Waals surface area contributed by atoms with Crippen molar-refractivity contribution in [1.82, 2.24) is 20.4 Å². The quantitative estimate of drug-likeness (QED) is 0.365. The first-order chi connectivity index (χ1) is 10.8. The van der Waals surface area contributed by atoms with Crippen molar-refractivity contribution in [3.05, 3.63) is 6.20 Å². The lowest BCUT2D eigenvalue weighted by atomic mass is 10.1. The summed E-state index contributed by atoms with van der Waals surface area (Å²) in [6, 6.07) is -0.975. The van der Waals surface area contributed by atoms with Gasteiger partial charge in [-0.1, -0.05) is 0 Å². The smallest absolute Gasteiger partial charge is 0.405 e. The number of aryl methyl sites for hydroxylation is 1. The van der Waals surface area contributed by atoms with E-state index in [0.717, 1.165) is 0 Å². The molecular weight excluding hydrogens is 308 g/mol. The van der Waals surface area contributed by atoms with E-state index in [-0.39, 0.29) is 18.8 Å². The largest absolute Gasteiger partial charge is 0.465 e. The van der Waals surface area contributed by atoms with Crippen LogP contribution in [-0.2, 0) is 11.8 Å². The summed E-state index contributed by atoms with van der Waals surface area (Å²) in [6.07, 6.45) is 0.0673. The van der Waals surface area contributed by atoms with Crippen LogP contribution in [0.5, 0.6) is 0 Å². The predicted octanol–water partition coefficient (Wildman–Crippen LogP) is 0.0149. The Hall–Kier alpha value is -2.98. The summed E-state index contributed by atoms with van der Waals surface area (Å²) < 4.78 is 1.37. The molecule has 0 spiro atoms. The number of hydrogen-bond donors (Lipinski definition) is 6. The maximum absolute atomic E-state index is 12.1. The van der Waals surface area contributed by atoms with E-state index in [0.29, 0.717) is 18.5 Å². The van der Waals surface area contributed by atoms with E-state index in [4.69, 9.17) is 15.9 Å². The molecule has 0 radical (unpaired) electrons. The first kappa shape index (κ1) is 18.1. The van der Waals surface area contributed by atoms with Crippen molar-refractivity contribution >= 4 is 29.6 Å². The molecule has 0 fully saturated rings. The van der Waals surface area contributed by atoms with Gasteiger partial charge in [0.05, 0.1) is 6.20 Å². The van der Waals surface area contributed by atoms with Gasteiger partial charge in [-0.25, -0.2) is 9.59 Å². The molecule has 3 amide bonds. The number of aromatic nitrogens is 2. The predicted molar refractivity (Wildman–Crippen MR) is 81.1 cm³/mol. The normalized spacial score (nSPS) is 11.5. The number of nitrogens with zero attached hydrogens (tertiary/aromatic N) is 2. The van der Waals surface area contributed by atoms with Crippen molar-refractivity contribution in [1.29, 1.82) is 0 Å². The number of anilines is 2. The van der Waals surface area contributed by atoms with Crippen LogP contribution in [0, 0.1) is 0 Å². The Bertz CT molecular complexity index is 572. The summed E-state index contributed by atoms with van der Waals surface area (Å²) in [5.41, 5.74) is 6.00. The lowest BCUT2D eigenvalue weighted by Crippen LogP contribution is -2.43. The highest BCUT2D eigenvalue weighted by molar-refractivity contribution is 5.98. The van der Waals surface area contributed by atoms with Crippen molar-refractivity contribution in [2.45, 2.75) is 25.3 Å². The SMILES string of the molecule is Cn1ncc(NC(=O)[C@H](CCCCNC(=O)O)NC(=O)O)c1N. The van der Waals surface area contributed by atoms with Crippen molar-refractivity contribution in [3.63, 3.8) is 0 Å². The van der Waals surface area contributed by atoms with E-state index in [2.05, 4.69) is 21.0 Å². The minimum absolute atomic E-state index is 0.222. The average molecular weight is 328 g/mol. The third-order valence-corrected chi connectivity index (χ3v) is 3.05. The van der Waals surface area contributed by atoms with Gasteiger partial charge in [0, 0.05) is 13.6 Å². The zero-order valence-electron chi connectivity index (χ0n) is 12.6. The summed E-state index contributed by atoms with van der Waals surface area (Å²) in [7, 11) is 1.60. The molecule has 7 N–H and O–H groups in total. The van der Waals surface area contributed by atoms with Gasteiger partial charge >= 0.3 is 12.2 Å². The van der Waals surface area contributed by atoms with Gasteiger partial charge in [-0.2, -0.15) is 5.10 Å². The Morgan fingerprint density at radius 1 is 1.30 bits per heavy atom.